The molecule has 0 aliphatic carbocycles. The van der Waals surface area contributed by atoms with Crippen molar-refractivity contribution in [2.24, 2.45) is 5.92 Å². The van der Waals surface area contributed by atoms with Gasteiger partial charge in [0.25, 0.3) is 0 Å². The maximum absolute atomic E-state index is 10.4. The number of hydrogen-bond donors (Lipinski definition) is 0. The molecule has 2 aromatic rings. The molecule has 2 atom stereocenters. The van der Waals surface area contributed by atoms with Crippen molar-refractivity contribution in [3.8, 4) is 0 Å². The quantitative estimate of drug-likeness (QED) is 0.0530. The third-order valence-electron chi connectivity index (χ3n) is 9.48. The van der Waals surface area contributed by atoms with Crippen LogP contribution in [-0.2, 0) is 26.1 Å². The first-order valence-corrected chi connectivity index (χ1v) is 20.9. The van der Waals surface area contributed by atoms with E-state index in [9.17, 15) is 13.0 Å². The maximum atomic E-state index is 10.4. The second kappa shape index (κ2) is 28.0. The van der Waals surface area contributed by atoms with Crippen molar-refractivity contribution in [2.45, 2.75) is 173 Å². The number of rotatable bonds is 27. The van der Waals surface area contributed by atoms with E-state index in [1.165, 1.54) is 153 Å². The van der Waals surface area contributed by atoms with Gasteiger partial charge < -0.3 is 14.0 Å². The van der Waals surface area contributed by atoms with Gasteiger partial charge in [-0.3, -0.25) is 0 Å². The van der Waals surface area contributed by atoms with Crippen molar-refractivity contribution in [2.75, 3.05) is 19.8 Å². The fraction of sp³-hybridized carbons (Fsp3) is 0.732. The topological polar surface area (TPSA) is 79.5 Å². The summed E-state index contributed by atoms with van der Waals surface area (Å²) in [5.74, 6) is 0.778. The Balaban J connectivity index is 0.000000613. The van der Waals surface area contributed by atoms with Crippen molar-refractivity contribution >= 4 is 10.1 Å². The molecule has 0 amide bonds. The van der Waals surface area contributed by atoms with E-state index in [-0.39, 0.29) is 4.90 Å². The third-order valence-corrected chi connectivity index (χ3v) is 10.3. The van der Waals surface area contributed by atoms with E-state index in [0.717, 1.165) is 37.8 Å². The maximum Gasteiger partial charge on any atom is 0.168 e. The van der Waals surface area contributed by atoms with Crippen LogP contribution in [0.15, 0.2) is 59.8 Å². The highest BCUT2D eigenvalue weighted by molar-refractivity contribution is 7.85. The molecule has 2 heterocycles. The van der Waals surface area contributed by atoms with Crippen molar-refractivity contribution in [1.82, 2.24) is 0 Å². The number of aromatic nitrogens is 1. The zero-order chi connectivity index (χ0) is 34.5. The van der Waals surface area contributed by atoms with Gasteiger partial charge in [-0.15, -0.1) is 0 Å². The first-order valence-electron chi connectivity index (χ1n) is 19.5. The van der Waals surface area contributed by atoms with Crippen LogP contribution in [0, 0.1) is 12.8 Å². The molecular formula is C41H69NO5S. The predicted molar refractivity (Wildman–Crippen MR) is 197 cm³/mol. The van der Waals surface area contributed by atoms with Gasteiger partial charge in [0.05, 0.1) is 17.6 Å². The normalized spacial score (nSPS) is 16.1. The molecule has 3 rings (SSSR count). The van der Waals surface area contributed by atoms with Crippen LogP contribution in [0.1, 0.15) is 154 Å². The summed E-state index contributed by atoms with van der Waals surface area (Å²) >= 11 is 0. The zero-order valence-corrected chi connectivity index (χ0v) is 31.4. The van der Waals surface area contributed by atoms with Crippen LogP contribution in [0.3, 0.4) is 0 Å². The third kappa shape index (κ3) is 22.8. The average molecular weight is 688 g/mol. The molecule has 1 aliphatic heterocycles. The molecule has 7 heteroatoms. The lowest BCUT2D eigenvalue weighted by Crippen LogP contribution is -2.32. The molecule has 0 spiro atoms. The van der Waals surface area contributed by atoms with Crippen molar-refractivity contribution in [3.63, 3.8) is 0 Å². The standard InChI is InChI=1S/C34H62NO2.C7H8O3S/c1-2-3-4-5-6-7-8-9-10-11-12-13-16-20-25-33-30-34(37-31-33)32-36-29-24-18-15-14-17-21-26-35-27-22-19-23-28-35;1-6-2-4-7(5-3-6)11(8,9)10/h19,22-23,27-28,33-34H,2-18,20-21,24-26,29-32H2,1H3;2-5H,1H3,(H,8,9,10)/q+1;/p-1/t33-,34+;/m0./s1. The molecule has 1 aromatic carbocycles. The summed E-state index contributed by atoms with van der Waals surface area (Å²) in [7, 11) is -4.27. The second-order valence-electron chi connectivity index (χ2n) is 14.0. The highest BCUT2D eigenvalue weighted by Crippen LogP contribution is 2.25. The molecule has 1 aromatic heterocycles. The highest BCUT2D eigenvalue weighted by atomic mass is 32.2. The Hall–Kier alpha value is -1.80. The van der Waals surface area contributed by atoms with E-state index in [2.05, 4.69) is 42.1 Å². The van der Waals surface area contributed by atoms with Crippen LogP contribution >= 0.6 is 0 Å². The van der Waals surface area contributed by atoms with Gasteiger partial charge in [-0.25, -0.2) is 13.0 Å². The van der Waals surface area contributed by atoms with Gasteiger partial charge in [-0.2, -0.15) is 0 Å². The van der Waals surface area contributed by atoms with E-state index < -0.39 is 10.1 Å². The zero-order valence-electron chi connectivity index (χ0n) is 30.6. The SMILES string of the molecule is CCCCCCCCCCCCCCCC[C@@H]1CO[C@@H](COCCCCCCCC[n+]2ccccc2)C1.Cc1ccc(S(=O)(=O)[O-])cc1. The number of ether oxygens (including phenoxy) is 2. The van der Waals surface area contributed by atoms with E-state index in [0.29, 0.717) is 6.10 Å². The Morgan fingerprint density at radius 2 is 1.25 bits per heavy atom. The summed E-state index contributed by atoms with van der Waals surface area (Å²) in [6.07, 6.45) is 35.2. The van der Waals surface area contributed by atoms with Crippen molar-refractivity contribution in [1.29, 1.82) is 0 Å². The summed E-state index contributed by atoms with van der Waals surface area (Å²) in [5, 5.41) is 0. The number of pyridine rings is 1. The van der Waals surface area contributed by atoms with Gasteiger partial charge in [-0.05, 0) is 50.7 Å². The van der Waals surface area contributed by atoms with E-state index >= 15 is 0 Å². The Kier molecular flexibility index (Phi) is 24.7. The molecule has 0 unspecified atom stereocenters. The van der Waals surface area contributed by atoms with Gasteiger partial charge >= 0.3 is 0 Å². The van der Waals surface area contributed by atoms with E-state index in [4.69, 9.17) is 9.47 Å². The molecule has 48 heavy (non-hydrogen) atoms. The smallest absolute Gasteiger partial charge is 0.168 e. The van der Waals surface area contributed by atoms with Crippen LogP contribution in [0.2, 0.25) is 0 Å². The number of hydrogen-bond acceptors (Lipinski definition) is 5. The molecular weight excluding hydrogens is 619 g/mol. The summed E-state index contributed by atoms with van der Waals surface area (Å²) in [4.78, 5) is -0.178. The molecule has 6 nitrogen and oxygen atoms in total. The summed E-state index contributed by atoms with van der Waals surface area (Å²) in [5.41, 5.74) is 0.928. The molecule has 274 valence electrons. The Morgan fingerprint density at radius 3 is 1.81 bits per heavy atom. The van der Waals surface area contributed by atoms with E-state index in [1.54, 1.807) is 12.1 Å². The minimum absolute atomic E-state index is 0.178. The minimum Gasteiger partial charge on any atom is -0.744 e. The number of benzene rings is 1. The lowest BCUT2D eigenvalue weighted by molar-refractivity contribution is -0.697. The van der Waals surface area contributed by atoms with Gasteiger partial charge in [0.2, 0.25) is 0 Å². The average Bonchev–Trinajstić information content (AvgIpc) is 3.54. The highest BCUT2D eigenvalue weighted by Gasteiger charge is 2.25. The molecule has 0 bridgehead atoms. The molecule has 1 saturated heterocycles. The van der Waals surface area contributed by atoms with Gasteiger partial charge in [0, 0.05) is 31.8 Å². The predicted octanol–water partition coefficient (Wildman–Crippen LogP) is 10.5. The fourth-order valence-electron chi connectivity index (χ4n) is 6.43. The monoisotopic (exact) mass is 687 g/mol. The van der Waals surface area contributed by atoms with Crippen LogP contribution in [0.4, 0.5) is 0 Å². The lowest BCUT2D eigenvalue weighted by Gasteiger charge is -2.10. The second-order valence-corrected chi connectivity index (χ2v) is 15.4. The van der Waals surface area contributed by atoms with Crippen LogP contribution in [-0.4, -0.2) is 38.9 Å². The Morgan fingerprint density at radius 1 is 0.729 bits per heavy atom. The molecule has 0 N–H and O–H groups in total. The van der Waals surface area contributed by atoms with Crippen LogP contribution in [0.25, 0.3) is 0 Å². The molecule has 0 radical (unpaired) electrons. The van der Waals surface area contributed by atoms with Gasteiger partial charge in [0.1, 0.15) is 16.7 Å². The fourth-order valence-corrected chi connectivity index (χ4v) is 6.90. The molecule has 0 saturated carbocycles. The van der Waals surface area contributed by atoms with E-state index in [1.807, 2.05) is 6.92 Å². The van der Waals surface area contributed by atoms with Crippen molar-refractivity contribution < 1.29 is 27.0 Å². The Bertz CT molecular complexity index is 1110. The van der Waals surface area contributed by atoms with Gasteiger partial charge in [0.15, 0.2) is 12.4 Å². The van der Waals surface area contributed by atoms with Crippen molar-refractivity contribution in [3.05, 3.63) is 60.4 Å². The first-order chi connectivity index (χ1) is 23.4. The molecule has 1 fully saturated rings. The minimum atomic E-state index is -4.27. The number of aryl methyl sites for hydroxylation is 2. The Labute approximate surface area is 295 Å². The summed E-state index contributed by atoms with van der Waals surface area (Å²) < 4.78 is 45.4. The van der Waals surface area contributed by atoms with Crippen LogP contribution in [0.5, 0.6) is 0 Å². The molecule has 1 aliphatic rings. The largest absolute Gasteiger partial charge is 0.744 e. The van der Waals surface area contributed by atoms with Crippen LogP contribution < -0.4 is 4.57 Å². The lowest BCUT2D eigenvalue weighted by atomic mass is 9.97. The summed E-state index contributed by atoms with van der Waals surface area (Å²) in [6.45, 7) is 7.95. The first kappa shape index (κ1) is 42.4. The van der Waals surface area contributed by atoms with Gasteiger partial charge in [-0.1, -0.05) is 140 Å². The number of unbranched alkanes of at least 4 members (excludes halogenated alkanes) is 18. The number of nitrogens with zero attached hydrogens (tertiary/aromatic N) is 1. The summed E-state index contributed by atoms with van der Waals surface area (Å²) in [6, 6.07) is 12.1.